The van der Waals surface area contributed by atoms with E-state index in [0.717, 1.165) is 27.8 Å². The first-order valence-corrected chi connectivity index (χ1v) is 11.0. The van der Waals surface area contributed by atoms with Crippen LogP contribution < -0.4 is 0 Å². The van der Waals surface area contributed by atoms with Crippen LogP contribution in [0.3, 0.4) is 0 Å². The van der Waals surface area contributed by atoms with E-state index >= 15 is 0 Å². The Morgan fingerprint density at radius 1 is 1.07 bits per heavy atom. The van der Waals surface area contributed by atoms with Crippen LogP contribution in [0, 0.1) is 11.6 Å². The molecular formula is C18H19F2N3O4S2. The van der Waals surface area contributed by atoms with E-state index in [1.807, 2.05) is 0 Å². The molecule has 0 spiro atoms. The molecule has 0 bridgehead atoms. The predicted molar refractivity (Wildman–Crippen MR) is 103 cm³/mol. The van der Waals surface area contributed by atoms with Crippen LogP contribution in [-0.4, -0.2) is 74.1 Å². The lowest BCUT2D eigenvalue weighted by molar-refractivity contribution is -0.132. The highest BCUT2D eigenvalue weighted by Gasteiger charge is 2.29. The SMILES string of the molecule is CN(CC(=O)N1CCN(C(=O)c2ccc(F)c(F)c2)CC1)S(=O)(=O)c1cccs1. The number of likely N-dealkylation sites (N-methyl/N-ethyl adjacent to an activating group) is 1. The quantitative estimate of drug-likeness (QED) is 0.704. The monoisotopic (exact) mass is 443 g/mol. The van der Waals surface area contributed by atoms with Crippen molar-refractivity contribution in [1.82, 2.24) is 14.1 Å². The summed E-state index contributed by atoms with van der Waals surface area (Å²) >= 11 is 1.08. The van der Waals surface area contributed by atoms with Gasteiger partial charge >= 0.3 is 0 Å². The Balaban J connectivity index is 1.56. The van der Waals surface area contributed by atoms with Gasteiger partial charge in [-0.3, -0.25) is 9.59 Å². The Bertz CT molecular complexity index is 1000. The maximum atomic E-state index is 13.3. The van der Waals surface area contributed by atoms with E-state index < -0.39 is 27.6 Å². The van der Waals surface area contributed by atoms with Gasteiger partial charge in [-0.15, -0.1) is 11.3 Å². The predicted octanol–water partition coefficient (Wildman–Crippen LogP) is 1.63. The first kappa shape index (κ1) is 21.3. The van der Waals surface area contributed by atoms with Gasteiger partial charge in [0.1, 0.15) is 4.21 Å². The number of amides is 2. The van der Waals surface area contributed by atoms with Gasteiger partial charge in [0.05, 0.1) is 6.54 Å². The number of rotatable bonds is 5. The number of piperazine rings is 1. The second-order valence-corrected chi connectivity index (χ2v) is 9.71. The van der Waals surface area contributed by atoms with E-state index in [1.54, 1.807) is 11.4 Å². The molecule has 3 rings (SSSR count). The van der Waals surface area contributed by atoms with Crippen LogP contribution in [0.5, 0.6) is 0 Å². The fourth-order valence-electron chi connectivity index (χ4n) is 2.91. The summed E-state index contributed by atoms with van der Waals surface area (Å²) in [6.45, 7) is 0.565. The fraction of sp³-hybridized carbons (Fsp3) is 0.333. The van der Waals surface area contributed by atoms with Gasteiger partial charge < -0.3 is 9.80 Å². The van der Waals surface area contributed by atoms with E-state index in [4.69, 9.17) is 0 Å². The van der Waals surface area contributed by atoms with E-state index in [2.05, 4.69) is 0 Å². The van der Waals surface area contributed by atoms with Crippen molar-refractivity contribution < 1.29 is 26.8 Å². The number of hydrogen-bond donors (Lipinski definition) is 0. The summed E-state index contributed by atoms with van der Waals surface area (Å²) in [4.78, 5) is 27.8. The summed E-state index contributed by atoms with van der Waals surface area (Å²) in [6.07, 6.45) is 0. The Hall–Kier alpha value is -2.37. The molecule has 0 aliphatic carbocycles. The average Bonchev–Trinajstić information content (AvgIpc) is 3.25. The smallest absolute Gasteiger partial charge is 0.254 e. The largest absolute Gasteiger partial charge is 0.338 e. The minimum Gasteiger partial charge on any atom is -0.338 e. The number of halogens is 2. The third-order valence-electron chi connectivity index (χ3n) is 4.60. The lowest BCUT2D eigenvalue weighted by Crippen LogP contribution is -2.52. The van der Waals surface area contributed by atoms with Crippen molar-refractivity contribution in [3.8, 4) is 0 Å². The molecule has 2 aromatic rings. The highest BCUT2D eigenvalue weighted by atomic mass is 32.2. The first-order chi connectivity index (χ1) is 13.7. The Kier molecular flexibility index (Phi) is 6.30. The molecule has 11 heteroatoms. The van der Waals surface area contributed by atoms with Gasteiger partial charge in [0.25, 0.3) is 15.9 Å². The van der Waals surface area contributed by atoms with Gasteiger partial charge in [-0.1, -0.05) is 6.07 Å². The van der Waals surface area contributed by atoms with Gasteiger partial charge in [0.15, 0.2) is 11.6 Å². The summed E-state index contributed by atoms with van der Waals surface area (Å²) in [5.74, 6) is -2.95. The Labute approximate surface area is 171 Å². The van der Waals surface area contributed by atoms with Crippen molar-refractivity contribution in [3.63, 3.8) is 0 Å². The molecule has 156 valence electrons. The lowest BCUT2D eigenvalue weighted by atomic mass is 10.1. The number of thiophene rings is 1. The second-order valence-electron chi connectivity index (χ2n) is 6.50. The number of hydrogen-bond acceptors (Lipinski definition) is 5. The third kappa shape index (κ3) is 4.62. The number of carbonyl (C=O) groups excluding carboxylic acids is 2. The minimum absolute atomic E-state index is 0.0328. The number of sulfonamides is 1. The molecular weight excluding hydrogens is 424 g/mol. The standard InChI is InChI=1S/C18H19F2N3O4S2/c1-21(29(26,27)17-3-2-10-28-17)12-16(24)22-6-8-23(9-7-22)18(25)13-4-5-14(19)15(20)11-13/h2-5,10-11H,6-9,12H2,1H3. The van der Waals surface area contributed by atoms with Crippen molar-refractivity contribution >= 4 is 33.2 Å². The molecule has 1 aromatic heterocycles. The van der Waals surface area contributed by atoms with E-state index in [0.29, 0.717) is 0 Å². The van der Waals surface area contributed by atoms with Crippen LogP contribution in [0.2, 0.25) is 0 Å². The maximum Gasteiger partial charge on any atom is 0.254 e. The van der Waals surface area contributed by atoms with Crippen LogP contribution in [-0.2, 0) is 14.8 Å². The zero-order valence-electron chi connectivity index (χ0n) is 15.5. The fourth-order valence-corrected chi connectivity index (χ4v) is 5.23. The maximum absolute atomic E-state index is 13.3. The molecule has 1 aliphatic heterocycles. The molecule has 1 aliphatic rings. The highest BCUT2D eigenvalue weighted by Crippen LogP contribution is 2.20. The summed E-state index contributed by atoms with van der Waals surface area (Å²) < 4.78 is 52.4. The summed E-state index contributed by atoms with van der Waals surface area (Å²) in [5, 5.41) is 1.64. The second kappa shape index (κ2) is 8.56. The van der Waals surface area contributed by atoms with Crippen LogP contribution in [0.25, 0.3) is 0 Å². The molecule has 0 atom stereocenters. The van der Waals surface area contributed by atoms with Crippen LogP contribution in [0.1, 0.15) is 10.4 Å². The lowest BCUT2D eigenvalue weighted by Gasteiger charge is -2.35. The van der Waals surface area contributed by atoms with Gasteiger partial charge in [-0.05, 0) is 29.6 Å². The third-order valence-corrected chi connectivity index (χ3v) is 7.78. The van der Waals surface area contributed by atoms with Gasteiger partial charge in [-0.2, -0.15) is 4.31 Å². The van der Waals surface area contributed by atoms with Crippen LogP contribution in [0.4, 0.5) is 8.78 Å². The number of nitrogens with zero attached hydrogens (tertiary/aromatic N) is 3. The molecule has 1 saturated heterocycles. The molecule has 0 radical (unpaired) electrons. The molecule has 0 unspecified atom stereocenters. The summed E-state index contributed by atoms with van der Waals surface area (Å²) in [7, 11) is -2.38. The van der Waals surface area contributed by atoms with E-state index in [9.17, 15) is 26.8 Å². The van der Waals surface area contributed by atoms with Crippen molar-refractivity contribution in [2.75, 3.05) is 39.8 Å². The van der Waals surface area contributed by atoms with Gasteiger partial charge in [0.2, 0.25) is 5.91 Å². The number of carbonyl (C=O) groups is 2. The molecule has 0 saturated carbocycles. The molecule has 2 heterocycles. The topological polar surface area (TPSA) is 78.0 Å². The van der Waals surface area contributed by atoms with Gasteiger partial charge in [0, 0.05) is 38.8 Å². The molecule has 29 heavy (non-hydrogen) atoms. The van der Waals surface area contributed by atoms with Crippen LogP contribution >= 0.6 is 11.3 Å². The first-order valence-electron chi connectivity index (χ1n) is 8.72. The summed E-state index contributed by atoms with van der Waals surface area (Å²) in [6, 6.07) is 6.05. The highest BCUT2D eigenvalue weighted by molar-refractivity contribution is 7.91. The Morgan fingerprint density at radius 3 is 2.31 bits per heavy atom. The van der Waals surface area contributed by atoms with Crippen molar-refractivity contribution in [2.45, 2.75) is 4.21 Å². The van der Waals surface area contributed by atoms with Crippen LogP contribution in [0.15, 0.2) is 39.9 Å². The van der Waals surface area contributed by atoms with Crippen molar-refractivity contribution in [3.05, 3.63) is 52.9 Å². The number of benzene rings is 1. The van der Waals surface area contributed by atoms with Gasteiger partial charge in [-0.25, -0.2) is 17.2 Å². The summed E-state index contributed by atoms with van der Waals surface area (Å²) in [5.41, 5.74) is 0.0328. The normalized spacial score (nSPS) is 15.0. The average molecular weight is 443 g/mol. The minimum atomic E-state index is -3.72. The molecule has 1 aromatic carbocycles. The van der Waals surface area contributed by atoms with Crippen molar-refractivity contribution in [1.29, 1.82) is 0 Å². The van der Waals surface area contributed by atoms with Crippen molar-refractivity contribution in [2.24, 2.45) is 0 Å². The Morgan fingerprint density at radius 2 is 1.72 bits per heavy atom. The molecule has 2 amide bonds. The zero-order valence-corrected chi connectivity index (χ0v) is 17.2. The molecule has 1 fully saturated rings. The molecule has 0 N–H and O–H groups in total. The van der Waals surface area contributed by atoms with E-state index in [-0.39, 0.29) is 48.4 Å². The zero-order chi connectivity index (χ0) is 21.2. The molecule has 7 nitrogen and oxygen atoms in total. The van der Waals surface area contributed by atoms with E-state index in [1.165, 1.54) is 29.0 Å².